The van der Waals surface area contributed by atoms with Crippen molar-refractivity contribution in [2.45, 2.75) is 0 Å². The van der Waals surface area contributed by atoms with Crippen molar-refractivity contribution in [1.82, 2.24) is 0 Å². The molecule has 11 aromatic rings. The van der Waals surface area contributed by atoms with Crippen LogP contribution in [0.3, 0.4) is 0 Å². The van der Waals surface area contributed by atoms with Crippen molar-refractivity contribution in [2.24, 2.45) is 0 Å². The Hall–Kier alpha value is -7.28. The lowest BCUT2D eigenvalue weighted by Gasteiger charge is -2.21. The van der Waals surface area contributed by atoms with E-state index in [1.807, 2.05) is 0 Å². The minimum atomic E-state index is 1.22. The monoisotopic (exact) mass is 704 g/mol. The fourth-order valence-corrected chi connectivity index (χ4v) is 10.3. The molecule has 0 nitrogen and oxygen atoms in total. The van der Waals surface area contributed by atoms with Gasteiger partial charge in [-0.1, -0.05) is 164 Å². The molecule has 0 spiro atoms. The molecule has 0 aromatic heterocycles. The van der Waals surface area contributed by atoms with Gasteiger partial charge in [-0.15, -0.1) is 0 Å². The van der Waals surface area contributed by atoms with Gasteiger partial charge < -0.3 is 0 Å². The van der Waals surface area contributed by atoms with Crippen LogP contribution in [0.5, 0.6) is 0 Å². The van der Waals surface area contributed by atoms with Crippen LogP contribution in [0.4, 0.5) is 0 Å². The van der Waals surface area contributed by atoms with E-state index in [2.05, 4.69) is 194 Å². The first-order valence-electron chi connectivity index (χ1n) is 19.6. The summed E-state index contributed by atoms with van der Waals surface area (Å²) in [5, 5.41) is 13.0. The van der Waals surface area contributed by atoms with Crippen LogP contribution in [-0.2, 0) is 0 Å². The first-order chi connectivity index (χ1) is 27.8. The Morgan fingerprint density at radius 1 is 0.196 bits per heavy atom. The van der Waals surface area contributed by atoms with Gasteiger partial charge in [0.1, 0.15) is 0 Å². The highest BCUT2D eigenvalue weighted by atomic mass is 14.3. The third-order valence-electron chi connectivity index (χ3n) is 12.7. The van der Waals surface area contributed by atoms with Gasteiger partial charge in [0.2, 0.25) is 0 Å². The lowest BCUT2D eigenvalue weighted by molar-refractivity contribution is 1.58. The molecule has 0 bridgehead atoms. The summed E-state index contributed by atoms with van der Waals surface area (Å²) < 4.78 is 0. The highest BCUT2D eigenvalue weighted by molar-refractivity contribution is 6.27. The molecule has 0 radical (unpaired) electrons. The zero-order chi connectivity index (χ0) is 36.5. The van der Waals surface area contributed by atoms with Crippen LogP contribution in [0.25, 0.3) is 132 Å². The third-order valence-corrected chi connectivity index (χ3v) is 12.7. The number of benzene rings is 11. The summed E-state index contributed by atoms with van der Waals surface area (Å²) in [4.78, 5) is 0. The summed E-state index contributed by atoms with van der Waals surface area (Å²) in [5.41, 5.74) is 18.0. The fraction of sp³-hybridized carbons (Fsp3) is 0. The molecular formula is C56H32. The largest absolute Gasteiger partial charge is 0.0622 e. The van der Waals surface area contributed by atoms with Crippen LogP contribution in [0.2, 0.25) is 0 Å². The second-order valence-corrected chi connectivity index (χ2v) is 15.5. The van der Waals surface area contributed by atoms with Gasteiger partial charge in [0.25, 0.3) is 0 Å². The maximum Gasteiger partial charge on any atom is -0.00204 e. The maximum absolute atomic E-state index is 2.53. The van der Waals surface area contributed by atoms with E-state index in [0.29, 0.717) is 0 Å². The molecule has 0 saturated heterocycles. The molecule has 0 amide bonds. The number of hydrogen-bond donors (Lipinski definition) is 0. The van der Waals surface area contributed by atoms with Crippen LogP contribution in [0, 0.1) is 0 Å². The molecule has 0 saturated carbocycles. The maximum atomic E-state index is 2.53. The molecule has 0 heterocycles. The quantitative estimate of drug-likeness (QED) is 0.161. The predicted octanol–water partition coefficient (Wildman–Crippen LogP) is 15.7. The highest BCUT2D eigenvalue weighted by Crippen LogP contribution is 2.54. The Morgan fingerprint density at radius 3 is 1.14 bits per heavy atom. The van der Waals surface area contributed by atoms with Crippen molar-refractivity contribution in [3.8, 4) is 77.9 Å². The number of hydrogen-bond acceptors (Lipinski definition) is 0. The van der Waals surface area contributed by atoms with E-state index in [1.54, 1.807) is 0 Å². The molecule has 0 N–H and O–H groups in total. The van der Waals surface area contributed by atoms with Crippen molar-refractivity contribution >= 4 is 53.9 Å². The van der Waals surface area contributed by atoms with Crippen molar-refractivity contribution < 1.29 is 0 Å². The fourth-order valence-electron chi connectivity index (χ4n) is 10.3. The van der Waals surface area contributed by atoms with Crippen LogP contribution in [0.1, 0.15) is 0 Å². The van der Waals surface area contributed by atoms with Crippen LogP contribution >= 0.6 is 0 Å². The van der Waals surface area contributed by atoms with Gasteiger partial charge >= 0.3 is 0 Å². The van der Waals surface area contributed by atoms with Crippen LogP contribution in [-0.4, -0.2) is 0 Å². The lowest BCUT2D eigenvalue weighted by Crippen LogP contribution is -1.94. The minimum Gasteiger partial charge on any atom is -0.0622 e. The van der Waals surface area contributed by atoms with Gasteiger partial charge in [0.15, 0.2) is 0 Å². The Balaban J connectivity index is 1.21. The SMILES string of the molecule is c1ccc(-c2cccc(-c3ccccc3)c2-c2cc3c4cc5c(cc4ccc3c3cc4c(cc23)-c2cccc3cccc-4c23)-c2cccc3cccc-5c23)cc1. The third kappa shape index (κ3) is 4.03. The second-order valence-electron chi connectivity index (χ2n) is 15.5. The Morgan fingerprint density at radius 2 is 0.607 bits per heavy atom. The molecule has 0 aliphatic heterocycles. The van der Waals surface area contributed by atoms with Gasteiger partial charge in [-0.3, -0.25) is 0 Å². The van der Waals surface area contributed by atoms with Crippen LogP contribution < -0.4 is 0 Å². The van der Waals surface area contributed by atoms with E-state index in [1.165, 1.54) is 132 Å². The summed E-state index contributed by atoms with van der Waals surface area (Å²) in [6, 6.07) is 73.0. The molecule has 0 fully saturated rings. The van der Waals surface area contributed by atoms with E-state index in [4.69, 9.17) is 0 Å². The smallest absolute Gasteiger partial charge is 0.00204 e. The standard InChI is InChI=1S/C56H32/c1-3-12-33(13-4-1)38-20-11-21-39(34-14-5-2-6-15-34)56(38)53-32-47-40(48-30-50-43-24-9-18-36-19-10-25-44(55(36)43)51(50)31-52(48)53)27-26-37-28-46-41-22-7-16-35-17-8-23-42(54(35)41)49(46)29-45(37)47/h1-32H. The molecule has 0 unspecified atom stereocenters. The van der Waals surface area contributed by atoms with Gasteiger partial charge in [0.05, 0.1) is 0 Å². The Kier molecular flexibility index (Phi) is 5.98. The molecule has 2 aliphatic carbocycles. The van der Waals surface area contributed by atoms with Gasteiger partial charge in [0, 0.05) is 0 Å². The predicted molar refractivity (Wildman–Crippen MR) is 239 cm³/mol. The minimum absolute atomic E-state index is 1.22. The number of rotatable bonds is 3. The van der Waals surface area contributed by atoms with E-state index in [9.17, 15) is 0 Å². The topological polar surface area (TPSA) is 0 Å². The van der Waals surface area contributed by atoms with Crippen LogP contribution in [0.15, 0.2) is 194 Å². The van der Waals surface area contributed by atoms with Crippen molar-refractivity contribution in [2.75, 3.05) is 0 Å². The van der Waals surface area contributed by atoms with E-state index < -0.39 is 0 Å². The van der Waals surface area contributed by atoms with Crippen molar-refractivity contribution in [1.29, 1.82) is 0 Å². The average Bonchev–Trinajstić information content (AvgIpc) is 3.75. The summed E-state index contributed by atoms with van der Waals surface area (Å²) in [6.07, 6.45) is 0. The Bertz CT molecular complexity index is 3430. The first-order valence-corrected chi connectivity index (χ1v) is 19.6. The van der Waals surface area contributed by atoms with E-state index in [-0.39, 0.29) is 0 Å². The van der Waals surface area contributed by atoms with Crippen molar-refractivity contribution in [3.05, 3.63) is 194 Å². The zero-order valence-corrected chi connectivity index (χ0v) is 30.5. The second kappa shape index (κ2) is 11.1. The summed E-state index contributed by atoms with van der Waals surface area (Å²) in [5.74, 6) is 0. The summed E-state index contributed by atoms with van der Waals surface area (Å²) in [7, 11) is 0. The zero-order valence-electron chi connectivity index (χ0n) is 30.5. The molecule has 13 rings (SSSR count). The van der Waals surface area contributed by atoms with E-state index >= 15 is 0 Å². The molecule has 0 atom stereocenters. The molecule has 2 aliphatic rings. The van der Waals surface area contributed by atoms with Crippen molar-refractivity contribution in [3.63, 3.8) is 0 Å². The number of fused-ring (bicyclic) bond motifs is 11. The lowest BCUT2D eigenvalue weighted by atomic mass is 9.82. The highest BCUT2D eigenvalue weighted by Gasteiger charge is 2.26. The first kappa shape index (κ1) is 30.1. The van der Waals surface area contributed by atoms with Gasteiger partial charge in [-0.05, 0) is 162 Å². The molecule has 56 heavy (non-hydrogen) atoms. The molecule has 11 aromatic carbocycles. The molecular weight excluding hydrogens is 673 g/mol. The average molecular weight is 705 g/mol. The summed E-state index contributed by atoms with van der Waals surface area (Å²) in [6.45, 7) is 0. The van der Waals surface area contributed by atoms with Gasteiger partial charge in [-0.2, -0.15) is 0 Å². The van der Waals surface area contributed by atoms with Gasteiger partial charge in [-0.25, -0.2) is 0 Å². The van der Waals surface area contributed by atoms with E-state index in [0.717, 1.165) is 0 Å². The molecule has 256 valence electrons. The molecule has 0 heteroatoms. The summed E-state index contributed by atoms with van der Waals surface area (Å²) >= 11 is 0. The normalized spacial score (nSPS) is 12.3. The Labute approximate surface area is 324 Å².